The molecule has 0 spiro atoms. The van der Waals surface area contributed by atoms with Gasteiger partial charge < -0.3 is 125 Å². The lowest BCUT2D eigenvalue weighted by Crippen LogP contribution is -2.71. The van der Waals surface area contributed by atoms with Crippen molar-refractivity contribution < 1.29 is 124 Å². The second-order valence-corrected chi connectivity index (χ2v) is 15.4. The molecule has 5 aliphatic rings. The molecular formula is C34H58N2O25. The highest BCUT2D eigenvalue weighted by molar-refractivity contribution is 5.73. The Balaban J connectivity index is 1.50. The second kappa shape index (κ2) is 21.3. The van der Waals surface area contributed by atoms with Gasteiger partial charge in [0.15, 0.2) is 31.5 Å². The van der Waals surface area contributed by atoms with E-state index in [4.69, 9.17) is 42.6 Å². The Morgan fingerprint density at radius 2 is 0.852 bits per heavy atom. The molecule has 354 valence electrons. The zero-order valence-electron chi connectivity index (χ0n) is 33.0. The van der Waals surface area contributed by atoms with Crippen molar-refractivity contribution in [3.63, 3.8) is 0 Å². The number of aliphatic hydroxyl groups excluding tert-OH is 14. The number of hydrogen-bond acceptors (Lipinski definition) is 25. The van der Waals surface area contributed by atoms with Crippen LogP contribution in [0.2, 0.25) is 0 Å². The van der Waals surface area contributed by atoms with Gasteiger partial charge in [-0.3, -0.25) is 9.59 Å². The number of hydrogen-bond donors (Lipinski definition) is 16. The van der Waals surface area contributed by atoms with Gasteiger partial charge in [0.1, 0.15) is 116 Å². The Labute approximate surface area is 346 Å². The van der Waals surface area contributed by atoms with Gasteiger partial charge >= 0.3 is 0 Å². The Kier molecular flexibility index (Phi) is 17.5. The highest BCUT2D eigenvalue weighted by atomic mass is 16.8. The van der Waals surface area contributed by atoms with Crippen LogP contribution in [0.4, 0.5) is 0 Å². The maximum atomic E-state index is 12.5. The predicted molar refractivity (Wildman–Crippen MR) is 188 cm³/mol. The monoisotopic (exact) mass is 894 g/mol. The zero-order valence-corrected chi connectivity index (χ0v) is 33.0. The van der Waals surface area contributed by atoms with Gasteiger partial charge in [0.25, 0.3) is 0 Å². The molecule has 0 aromatic carbocycles. The van der Waals surface area contributed by atoms with Gasteiger partial charge in [-0.2, -0.15) is 0 Å². The summed E-state index contributed by atoms with van der Waals surface area (Å²) in [6.07, 6.45) is -41.8. The van der Waals surface area contributed by atoms with Crippen LogP contribution in [0.15, 0.2) is 0 Å². The van der Waals surface area contributed by atoms with Gasteiger partial charge in [0, 0.05) is 13.8 Å². The molecular weight excluding hydrogens is 836 g/mol. The number of nitrogens with one attached hydrogen (secondary N) is 2. The van der Waals surface area contributed by atoms with E-state index in [1.54, 1.807) is 0 Å². The Bertz CT molecular complexity index is 1420. The summed E-state index contributed by atoms with van der Waals surface area (Å²) in [6.45, 7) is -0.298. The van der Waals surface area contributed by atoms with Crippen molar-refractivity contribution in [2.24, 2.45) is 0 Å². The molecule has 0 bridgehead atoms. The third-order valence-corrected chi connectivity index (χ3v) is 11.1. The van der Waals surface area contributed by atoms with Crippen LogP contribution in [0.5, 0.6) is 0 Å². The minimum atomic E-state index is -2.06. The van der Waals surface area contributed by atoms with Gasteiger partial charge in [-0.1, -0.05) is 0 Å². The topological polar surface area (TPSA) is 424 Å². The summed E-state index contributed by atoms with van der Waals surface area (Å²) in [5.74, 6) is -1.51. The summed E-state index contributed by atoms with van der Waals surface area (Å²) < 4.78 is 52.0. The lowest BCUT2D eigenvalue weighted by atomic mass is 9.93. The van der Waals surface area contributed by atoms with E-state index in [2.05, 4.69) is 10.6 Å². The molecule has 5 fully saturated rings. The largest absolute Gasteiger partial charge is 0.394 e. The number of rotatable bonds is 14. The van der Waals surface area contributed by atoms with E-state index in [-0.39, 0.29) is 0 Å². The summed E-state index contributed by atoms with van der Waals surface area (Å²) >= 11 is 0. The van der Waals surface area contributed by atoms with E-state index in [1.807, 2.05) is 0 Å². The van der Waals surface area contributed by atoms with E-state index >= 15 is 0 Å². The van der Waals surface area contributed by atoms with Crippen LogP contribution in [0.3, 0.4) is 0 Å². The van der Waals surface area contributed by atoms with Crippen molar-refractivity contribution in [2.75, 3.05) is 26.4 Å². The van der Waals surface area contributed by atoms with Crippen molar-refractivity contribution in [3.8, 4) is 0 Å². The number of amides is 2. The molecule has 61 heavy (non-hydrogen) atoms. The van der Waals surface area contributed by atoms with Crippen LogP contribution >= 0.6 is 0 Å². The third-order valence-electron chi connectivity index (χ3n) is 11.1. The fourth-order valence-corrected chi connectivity index (χ4v) is 7.75. The minimum Gasteiger partial charge on any atom is -0.394 e. The molecule has 5 aliphatic heterocycles. The fourth-order valence-electron chi connectivity index (χ4n) is 7.75. The molecule has 2 amide bonds. The van der Waals surface area contributed by atoms with Gasteiger partial charge in [-0.25, -0.2) is 0 Å². The van der Waals surface area contributed by atoms with Crippen LogP contribution in [0, 0.1) is 0 Å². The van der Waals surface area contributed by atoms with Crippen LogP contribution in [-0.2, 0) is 52.2 Å². The predicted octanol–water partition coefficient (Wildman–Crippen LogP) is -10.6. The van der Waals surface area contributed by atoms with Crippen molar-refractivity contribution in [1.82, 2.24) is 10.6 Å². The SMILES string of the molecule is CC(=O)N[C@@H]1[C@@H](O[C@@H]2O[C@H](CO)[C@@H](O[C@@H]3O[C@H](CO)[C@H](O)[C@H](O[C@H]4O[C@H](CO)[C@H](O)[C@H](O)[C@H]4O)[C@H]3O[C@@H]3O[C@@H](C)[C@@H](O)[C@@H](O)[C@@H]3O)[C@H](O)[C@H]2NC(C)=O)[C@@H](O)[C@@H](CO)O[C@H]1O. The first kappa shape index (κ1) is 50.0. The Hall–Kier alpha value is -1.98. The standard InChI is InChI=1S/C34H58N2O25/c1-8-17(43)22(48)24(50)32(53-8)61-29-28(60-33-25(51)23(49)18(44)11(4-37)55-33)20(46)13(6-39)56-34(29)58-26-14(7-40)57-31(15(21(26)47)35-9(2)41)59-27-16(36-10(3)42)30(52)54-12(5-38)19(27)45/h8,11-34,37-40,43-52H,4-7H2,1-3H3,(H,35,41)(H,36,42)/t8-,11+,12+,13+,14+,15+,16+,17+,18-,19-,20-,21+,22+,23-,24-,25+,26+,27+,28-,29+,30+,31-,32-,33+,34-/m0/s1. The molecule has 5 heterocycles. The quantitative estimate of drug-likeness (QED) is 0.0770. The van der Waals surface area contributed by atoms with E-state index in [0.717, 1.165) is 13.8 Å². The first-order chi connectivity index (χ1) is 28.8. The smallest absolute Gasteiger partial charge is 0.217 e. The van der Waals surface area contributed by atoms with E-state index in [0.29, 0.717) is 0 Å². The number of aliphatic hydroxyl groups is 14. The summed E-state index contributed by atoms with van der Waals surface area (Å²) in [6, 6.07) is -3.22. The maximum Gasteiger partial charge on any atom is 0.217 e. The first-order valence-electron chi connectivity index (χ1n) is 19.5. The fraction of sp³-hybridized carbons (Fsp3) is 0.941. The van der Waals surface area contributed by atoms with Crippen LogP contribution in [0.25, 0.3) is 0 Å². The summed E-state index contributed by atoms with van der Waals surface area (Å²) in [7, 11) is 0. The third kappa shape index (κ3) is 10.8. The van der Waals surface area contributed by atoms with E-state index in [9.17, 15) is 81.1 Å². The molecule has 5 rings (SSSR count). The molecule has 0 radical (unpaired) electrons. The molecule has 27 heteroatoms. The van der Waals surface area contributed by atoms with Crippen LogP contribution in [0.1, 0.15) is 20.8 Å². The average molecular weight is 895 g/mol. The number of carbonyl (C=O) groups is 2. The van der Waals surface area contributed by atoms with Crippen molar-refractivity contribution in [3.05, 3.63) is 0 Å². The van der Waals surface area contributed by atoms with Crippen LogP contribution < -0.4 is 10.6 Å². The second-order valence-electron chi connectivity index (χ2n) is 15.4. The number of ether oxygens (including phenoxy) is 9. The van der Waals surface area contributed by atoms with Gasteiger partial charge in [-0.05, 0) is 6.92 Å². The summed E-state index contributed by atoms with van der Waals surface area (Å²) in [4.78, 5) is 24.5. The molecule has 5 saturated heterocycles. The highest BCUT2D eigenvalue weighted by Gasteiger charge is 2.58. The number of carbonyl (C=O) groups excluding carboxylic acids is 2. The molecule has 0 aromatic heterocycles. The summed E-state index contributed by atoms with van der Waals surface area (Å²) in [5, 5.41) is 153. The molecule has 25 atom stereocenters. The molecule has 0 aromatic rings. The Morgan fingerprint density at radius 3 is 1.43 bits per heavy atom. The summed E-state index contributed by atoms with van der Waals surface area (Å²) in [5.41, 5.74) is 0. The van der Waals surface area contributed by atoms with Crippen molar-refractivity contribution in [1.29, 1.82) is 0 Å². The van der Waals surface area contributed by atoms with Crippen LogP contribution in [-0.4, -0.2) is 263 Å². The first-order valence-corrected chi connectivity index (χ1v) is 19.5. The normalized spacial score (nSPS) is 49.6. The minimum absolute atomic E-state index is 0.712. The lowest BCUT2D eigenvalue weighted by Gasteiger charge is -2.51. The Morgan fingerprint density at radius 1 is 0.426 bits per heavy atom. The van der Waals surface area contributed by atoms with Crippen molar-refractivity contribution in [2.45, 2.75) is 174 Å². The molecule has 16 N–H and O–H groups in total. The van der Waals surface area contributed by atoms with Gasteiger partial charge in [0.05, 0.1) is 32.5 Å². The molecule has 0 aliphatic carbocycles. The lowest BCUT2D eigenvalue weighted by molar-refractivity contribution is -0.403. The molecule has 27 nitrogen and oxygen atoms in total. The molecule has 0 unspecified atom stereocenters. The van der Waals surface area contributed by atoms with E-state index < -0.39 is 192 Å². The van der Waals surface area contributed by atoms with E-state index in [1.165, 1.54) is 6.92 Å². The van der Waals surface area contributed by atoms with Gasteiger partial charge in [0.2, 0.25) is 11.8 Å². The highest BCUT2D eigenvalue weighted by Crippen LogP contribution is 2.37. The maximum absolute atomic E-state index is 12.5. The molecule has 0 saturated carbocycles. The van der Waals surface area contributed by atoms with Gasteiger partial charge in [-0.15, -0.1) is 0 Å². The van der Waals surface area contributed by atoms with Crippen molar-refractivity contribution >= 4 is 11.8 Å². The zero-order chi connectivity index (χ0) is 45.2. The average Bonchev–Trinajstić information content (AvgIpc) is 3.22.